The number of benzene rings is 2. The molecule has 0 unspecified atom stereocenters. The first kappa shape index (κ1) is 19.5. The van der Waals surface area contributed by atoms with Gasteiger partial charge in [0.15, 0.2) is 6.61 Å². The molecule has 26 heavy (non-hydrogen) atoms. The molecule has 5 heteroatoms. The fourth-order valence-electron chi connectivity index (χ4n) is 2.63. The standard InChI is InChI=1S/C21H26N2O3/c1-14-9-10-15(2)18(11-14)22-19(24)12-23(5)20(25)13-26-21-16(3)7-6-8-17(21)4/h6-11H,12-13H2,1-5H3,(H,22,24). The van der Waals surface area contributed by atoms with Gasteiger partial charge in [0.05, 0.1) is 6.54 Å². The van der Waals surface area contributed by atoms with Crippen LogP contribution in [0, 0.1) is 27.7 Å². The zero-order valence-corrected chi connectivity index (χ0v) is 16.1. The molecular formula is C21H26N2O3. The summed E-state index contributed by atoms with van der Waals surface area (Å²) in [5.41, 5.74) is 4.78. The number of rotatable bonds is 6. The van der Waals surface area contributed by atoms with Crippen LogP contribution in [0.3, 0.4) is 0 Å². The molecule has 0 saturated heterocycles. The van der Waals surface area contributed by atoms with E-state index in [0.29, 0.717) is 5.75 Å². The van der Waals surface area contributed by atoms with E-state index in [0.717, 1.165) is 27.9 Å². The van der Waals surface area contributed by atoms with Gasteiger partial charge in [-0.25, -0.2) is 0 Å². The van der Waals surface area contributed by atoms with Crippen LogP contribution in [0.5, 0.6) is 5.75 Å². The van der Waals surface area contributed by atoms with Crippen LogP contribution in [0.2, 0.25) is 0 Å². The molecule has 0 aromatic heterocycles. The van der Waals surface area contributed by atoms with Crippen LogP contribution in [0.15, 0.2) is 36.4 Å². The maximum absolute atomic E-state index is 12.3. The van der Waals surface area contributed by atoms with Crippen molar-refractivity contribution in [1.29, 1.82) is 0 Å². The Morgan fingerprint density at radius 1 is 1.00 bits per heavy atom. The van der Waals surface area contributed by atoms with Crippen LogP contribution in [0.25, 0.3) is 0 Å². The van der Waals surface area contributed by atoms with Gasteiger partial charge in [0.1, 0.15) is 5.75 Å². The fraction of sp³-hybridized carbons (Fsp3) is 0.333. The molecule has 0 atom stereocenters. The van der Waals surface area contributed by atoms with E-state index < -0.39 is 0 Å². The van der Waals surface area contributed by atoms with Crippen molar-refractivity contribution in [2.45, 2.75) is 27.7 Å². The summed E-state index contributed by atoms with van der Waals surface area (Å²) in [6.45, 7) is 7.65. The number of hydrogen-bond acceptors (Lipinski definition) is 3. The van der Waals surface area contributed by atoms with Gasteiger partial charge >= 0.3 is 0 Å². The molecule has 0 aliphatic rings. The Labute approximate surface area is 155 Å². The molecule has 2 rings (SSSR count). The summed E-state index contributed by atoms with van der Waals surface area (Å²) in [6, 6.07) is 11.7. The first-order chi connectivity index (χ1) is 12.3. The maximum atomic E-state index is 12.3. The maximum Gasteiger partial charge on any atom is 0.260 e. The summed E-state index contributed by atoms with van der Waals surface area (Å²) in [7, 11) is 1.60. The Hall–Kier alpha value is -2.82. The number of ether oxygens (including phenoxy) is 1. The summed E-state index contributed by atoms with van der Waals surface area (Å²) in [4.78, 5) is 25.9. The van der Waals surface area contributed by atoms with Gasteiger partial charge in [-0.15, -0.1) is 0 Å². The molecular weight excluding hydrogens is 328 g/mol. The summed E-state index contributed by atoms with van der Waals surface area (Å²) < 4.78 is 5.66. The zero-order valence-electron chi connectivity index (χ0n) is 16.1. The largest absolute Gasteiger partial charge is 0.483 e. The molecule has 2 aromatic rings. The molecule has 0 heterocycles. The fourth-order valence-corrected chi connectivity index (χ4v) is 2.63. The number of para-hydroxylation sites is 1. The molecule has 1 N–H and O–H groups in total. The van der Waals surface area contributed by atoms with Crippen molar-refractivity contribution in [2.24, 2.45) is 0 Å². The third-order valence-electron chi connectivity index (χ3n) is 4.22. The number of hydrogen-bond donors (Lipinski definition) is 1. The van der Waals surface area contributed by atoms with E-state index in [4.69, 9.17) is 4.74 Å². The molecule has 0 aliphatic carbocycles. The first-order valence-corrected chi connectivity index (χ1v) is 8.58. The second-order valence-corrected chi connectivity index (χ2v) is 6.63. The lowest BCUT2D eigenvalue weighted by atomic mass is 10.1. The molecule has 0 fully saturated rings. The number of aryl methyl sites for hydroxylation is 4. The Morgan fingerprint density at radius 3 is 2.31 bits per heavy atom. The molecule has 138 valence electrons. The van der Waals surface area contributed by atoms with Gasteiger partial charge in [-0.1, -0.05) is 30.3 Å². The molecule has 0 saturated carbocycles. The van der Waals surface area contributed by atoms with Gasteiger partial charge in [-0.2, -0.15) is 0 Å². The molecule has 0 spiro atoms. The van der Waals surface area contributed by atoms with Crippen molar-refractivity contribution in [2.75, 3.05) is 25.5 Å². The normalized spacial score (nSPS) is 10.3. The Morgan fingerprint density at radius 2 is 1.65 bits per heavy atom. The minimum absolute atomic E-state index is 0.0255. The Bertz CT molecular complexity index is 795. The summed E-state index contributed by atoms with van der Waals surface area (Å²) >= 11 is 0. The zero-order chi connectivity index (χ0) is 19.3. The number of carbonyl (C=O) groups excluding carboxylic acids is 2. The topological polar surface area (TPSA) is 58.6 Å². The van der Waals surface area contributed by atoms with Crippen LogP contribution in [0.4, 0.5) is 5.69 Å². The molecule has 0 radical (unpaired) electrons. The lowest BCUT2D eigenvalue weighted by Crippen LogP contribution is -2.37. The van der Waals surface area contributed by atoms with Gasteiger partial charge in [0.2, 0.25) is 5.91 Å². The van der Waals surface area contributed by atoms with E-state index in [1.165, 1.54) is 4.90 Å². The van der Waals surface area contributed by atoms with Crippen LogP contribution < -0.4 is 10.1 Å². The highest BCUT2D eigenvalue weighted by Crippen LogP contribution is 2.22. The average molecular weight is 354 g/mol. The van der Waals surface area contributed by atoms with Crippen molar-refractivity contribution in [3.8, 4) is 5.75 Å². The Kier molecular flexibility index (Phi) is 6.39. The van der Waals surface area contributed by atoms with E-state index in [9.17, 15) is 9.59 Å². The monoisotopic (exact) mass is 354 g/mol. The van der Waals surface area contributed by atoms with Gasteiger partial charge in [0, 0.05) is 12.7 Å². The number of likely N-dealkylation sites (N-methyl/N-ethyl adjacent to an activating group) is 1. The van der Waals surface area contributed by atoms with E-state index in [2.05, 4.69) is 5.32 Å². The quantitative estimate of drug-likeness (QED) is 0.865. The van der Waals surface area contributed by atoms with Crippen molar-refractivity contribution >= 4 is 17.5 Å². The van der Waals surface area contributed by atoms with Gasteiger partial charge < -0.3 is 15.0 Å². The highest BCUT2D eigenvalue weighted by Gasteiger charge is 2.15. The van der Waals surface area contributed by atoms with Gasteiger partial charge in [0.25, 0.3) is 5.91 Å². The van der Waals surface area contributed by atoms with Crippen LogP contribution in [0.1, 0.15) is 22.3 Å². The third kappa shape index (κ3) is 5.09. The van der Waals surface area contributed by atoms with Crippen LogP contribution >= 0.6 is 0 Å². The third-order valence-corrected chi connectivity index (χ3v) is 4.22. The van der Waals surface area contributed by atoms with E-state index >= 15 is 0 Å². The average Bonchev–Trinajstić information content (AvgIpc) is 2.57. The second kappa shape index (κ2) is 8.52. The predicted octanol–water partition coefficient (Wildman–Crippen LogP) is 3.40. The van der Waals surface area contributed by atoms with Gasteiger partial charge in [-0.05, 0) is 56.0 Å². The first-order valence-electron chi connectivity index (χ1n) is 8.58. The lowest BCUT2D eigenvalue weighted by Gasteiger charge is -2.19. The van der Waals surface area contributed by atoms with Crippen molar-refractivity contribution in [1.82, 2.24) is 4.90 Å². The smallest absolute Gasteiger partial charge is 0.260 e. The Balaban J connectivity index is 1.90. The summed E-state index contributed by atoms with van der Waals surface area (Å²) in [6.07, 6.45) is 0. The highest BCUT2D eigenvalue weighted by molar-refractivity contribution is 5.95. The van der Waals surface area contributed by atoms with Crippen LogP contribution in [-0.2, 0) is 9.59 Å². The van der Waals surface area contributed by atoms with Crippen molar-refractivity contribution < 1.29 is 14.3 Å². The number of carbonyl (C=O) groups is 2. The van der Waals surface area contributed by atoms with E-state index in [1.807, 2.05) is 64.1 Å². The number of nitrogens with one attached hydrogen (secondary N) is 1. The van der Waals surface area contributed by atoms with Crippen molar-refractivity contribution in [3.63, 3.8) is 0 Å². The van der Waals surface area contributed by atoms with E-state index in [-0.39, 0.29) is 25.0 Å². The lowest BCUT2D eigenvalue weighted by molar-refractivity contribution is -0.135. The molecule has 0 bridgehead atoms. The summed E-state index contributed by atoms with van der Waals surface area (Å²) in [5.74, 6) is 0.236. The number of amides is 2. The van der Waals surface area contributed by atoms with Crippen LogP contribution in [-0.4, -0.2) is 36.9 Å². The highest BCUT2D eigenvalue weighted by atomic mass is 16.5. The molecule has 2 aromatic carbocycles. The minimum Gasteiger partial charge on any atom is -0.483 e. The van der Waals surface area contributed by atoms with Gasteiger partial charge in [-0.3, -0.25) is 9.59 Å². The van der Waals surface area contributed by atoms with E-state index in [1.54, 1.807) is 7.05 Å². The number of anilines is 1. The molecule has 5 nitrogen and oxygen atoms in total. The SMILES string of the molecule is Cc1ccc(C)c(NC(=O)CN(C)C(=O)COc2c(C)cccc2C)c1. The molecule has 0 aliphatic heterocycles. The molecule has 2 amide bonds. The minimum atomic E-state index is -0.247. The van der Waals surface area contributed by atoms with Crippen molar-refractivity contribution in [3.05, 3.63) is 58.7 Å². The number of nitrogens with zero attached hydrogens (tertiary/aromatic N) is 1. The predicted molar refractivity (Wildman–Crippen MR) is 104 cm³/mol. The summed E-state index contributed by atoms with van der Waals surface area (Å²) in [5, 5.41) is 2.86. The second-order valence-electron chi connectivity index (χ2n) is 6.63.